The summed E-state index contributed by atoms with van der Waals surface area (Å²) in [6.07, 6.45) is -0.0135. The molecule has 0 aliphatic carbocycles. The zero-order valence-electron chi connectivity index (χ0n) is 14.5. The highest BCUT2D eigenvalue weighted by Crippen LogP contribution is 2.17. The van der Waals surface area contributed by atoms with E-state index in [1.54, 1.807) is 26.8 Å². The molecule has 0 saturated carbocycles. The van der Waals surface area contributed by atoms with Crippen LogP contribution in [0.5, 0.6) is 5.75 Å². The van der Waals surface area contributed by atoms with Gasteiger partial charge in [0.1, 0.15) is 23.8 Å². The topological polar surface area (TPSA) is 73.9 Å². The molecule has 0 radical (unpaired) electrons. The lowest BCUT2D eigenvalue weighted by atomic mass is 10.1. The second-order valence-electron chi connectivity index (χ2n) is 6.15. The molecule has 0 aromatic heterocycles. The molecule has 1 N–H and O–H groups in total. The van der Waals surface area contributed by atoms with E-state index in [1.165, 1.54) is 19.2 Å². The summed E-state index contributed by atoms with van der Waals surface area (Å²) in [4.78, 5) is 22.6. The van der Waals surface area contributed by atoms with Crippen molar-refractivity contribution in [1.82, 2.24) is 5.32 Å². The average Bonchev–Trinajstić information content (AvgIpc) is 2.47. The van der Waals surface area contributed by atoms with Gasteiger partial charge in [0.15, 0.2) is 0 Å². The van der Waals surface area contributed by atoms with E-state index in [-0.39, 0.29) is 25.5 Å². The van der Waals surface area contributed by atoms with Gasteiger partial charge < -0.3 is 19.5 Å². The molecule has 0 aliphatic rings. The number of esters is 1. The molecule has 0 bridgehead atoms. The first-order valence-electron chi connectivity index (χ1n) is 7.65. The molecule has 0 spiro atoms. The Morgan fingerprint density at radius 3 is 2.54 bits per heavy atom. The molecule has 1 aromatic carbocycles. The van der Waals surface area contributed by atoms with Crippen molar-refractivity contribution in [2.45, 2.75) is 39.2 Å². The van der Waals surface area contributed by atoms with Gasteiger partial charge in [-0.15, -0.1) is 0 Å². The summed E-state index contributed by atoms with van der Waals surface area (Å²) in [5, 5.41) is 2.55. The molecule has 0 saturated heterocycles. The van der Waals surface area contributed by atoms with Crippen LogP contribution >= 0.6 is 0 Å². The number of ether oxygens (including phenoxy) is 3. The number of alkyl carbamates (subject to hydrolysis) is 1. The van der Waals surface area contributed by atoms with Crippen molar-refractivity contribution in [3.05, 3.63) is 29.6 Å². The number of benzene rings is 1. The minimum atomic E-state index is -0.567. The van der Waals surface area contributed by atoms with Crippen LogP contribution in [0.15, 0.2) is 18.2 Å². The lowest BCUT2D eigenvalue weighted by Crippen LogP contribution is -2.34. The Morgan fingerprint density at radius 1 is 1.21 bits per heavy atom. The zero-order valence-corrected chi connectivity index (χ0v) is 14.5. The Hall–Kier alpha value is -2.31. The number of aryl methyl sites for hydroxylation is 1. The third-order valence-electron chi connectivity index (χ3n) is 2.82. The van der Waals surface area contributed by atoms with Gasteiger partial charge in [-0.1, -0.05) is 0 Å². The molecule has 6 nitrogen and oxygen atoms in total. The summed E-state index contributed by atoms with van der Waals surface area (Å²) in [5.41, 5.74) is 0.0673. The van der Waals surface area contributed by atoms with Gasteiger partial charge in [0.05, 0.1) is 13.7 Å². The first-order valence-corrected chi connectivity index (χ1v) is 7.65. The van der Waals surface area contributed by atoms with Gasteiger partial charge in [0, 0.05) is 12.5 Å². The van der Waals surface area contributed by atoms with Crippen molar-refractivity contribution in [2.75, 3.05) is 20.3 Å². The summed E-state index contributed by atoms with van der Waals surface area (Å²) >= 11 is 0. The maximum atomic E-state index is 13.6. The second kappa shape index (κ2) is 9.10. The van der Waals surface area contributed by atoms with Gasteiger partial charge in [0.2, 0.25) is 0 Å². The van der Waals surface area contributed by atoms with Crippen LogP contribution in [0.1, 0.15) is 32.8 Å². The van der Waals surface area contributed by atoms with Crippen molar-refractivity contribution in [3.8, 4) is 5.75 Å². The zero-order chi connectivity index (χ0) is 18.2. The Morgan fingerprint density at radius 2 is 1.92 bits per heavy atom. The maximum Gasteiger partial charge on any atom is 0.407 e. The van der Waals surface area contributed by atoms with Gasteiger partial charge in [-0.05, 0) is 44.9 Å². The fourth-order valence-corrected chi connectivity index (χ4v) is 1.83. The lowest BCUT2D eigenvalue weighted by molar-refractivity contribution is -0.140. The highest BCUT2D eigenvalue weighted by molar-refractivity contribution is 5.69. The predicted molar refractivity (Wildman–Crippen MR) is 86.5 cm³/mol. The van der Waals surface area contributed by atoms with Gasteiger partial charge in [0.25, 0.3) is 0 Å². The highest BCUT2D eigenvalue weighted by Gasteiger charge is 2.15. The number of methoxy groups -OCH3 is 1. The van der Waals surface area contributed by atoms with Crippen LogP contribution in [0.3, 0.4) is 0 Å². The number of hydrogen-bond donors (Lipinski definition) is 1. The molecule has 134 valence electrons. The van der Waals surface area contributed by atoms with E-state index in [0.717, 1.165) is 0 Å². The second-order valence-corrected chi connectivity index (χ2v) is 6.15. The summed E-state index contributed by atoms with van der Waals surface area (Å²) in [7, 11) is 1.31. The van der Waals surface area contributed by atoms with Crippen molar-refractivity contribution >= 4 is 12.1 Å². The van der Waals surface area contributed by atoms with Crippen molar-refractivity contribution in [2.24, 2.45) is 0 Å². The van der Waals surface area contributed by atoms with Crippen LogP contribution in [-0.2, 0) is 20.7 Å². The SMILES string of the molecule is COC(=O)CCc1cc(F)cc(OCCNC(=O)OC(C)(C)C)c1. The van der Waals surface area contributed by atoms with Crippen LogP contribution in [0.4, 0.5) is 9.18 Å². The molecule has 24 heavy (non-hydrogen) atoms. The molecule has 1 amide bonds. The highest BCUT2D eigenvalue weighted by atomic mass is 19.1. The number of rotatable bonds is 7. The van der Waals surface area contributed by atoms with Crippen LogP contribution in [0.25, 0.3) is 0 Å². The molecular formula is C17H24FNO5. The monoisotopic (exact) mass is 341 g/mol. The molecule has 1 rings (SSSR count). The van der Waals surface area contributed by atoms with E-state index in [0.29, 0.717) is 17.7 Å². The van der Waals surface area contributed by atoms with Crippen molar-refractivity contribution < 1.29 is 28.2 Å². The van der Waals surface area contributed by atoms with E-state index in [1.807, 2.05) is 0 Å². The molecule has 0 atom stereocenters. The Balaban J connectivity index is 2.43. The van der Waals surface area contributed by atoms with Crippen LogP contribution in [0.2, 0.25) is 0 Å². The normalized spacial score (nSPS) is 10.9. The number of carbonyl (C=O) groups excluding carboxylic acids is 2. The van der Waals surface area contributed by atoms with Gasteiger partial charge in [-0.25, -0.2) is 9.18 Å². The number of halogens is 1. The number of amides is 1. The molecule has 1 aromatic rings. The van der Waals surface area contributed by atoms with E-state index < -0.39 is 17.5 Å². The molecule has 0 aliphatic heterocycles. The van der Waals surface area contributed by atoms with Gasteiger partial charge in [-0.2, -0.15) is 0 Å². The van der Waals surface area contributed by atoms with E-state index in [2.05, 4.69) is 10.1 Å². The molecule has 0 heterocycles. The molecule has 7 heteroatoms. The molecular weight excluding hydrogens is 317 g/mol. The van der Waals surface area contributed by atoms with E-state index in [4.69, 9.17) is 9.47 Å². The summed E-state index contributed by atoms with van der Waals surface area (Å²) in [6.45, 7) is 5.70. The van der Waals surface area contributed by atoms with Crippen LogP contribution < -0.4 is 10.1 Å². The van der Waals surface area contributed by atoms with Gasteiger partial charge >= 0.3 is 12.1 Å². The number of nitrogens with one attached hydrogen (secondary N) is 1. The first kappa shape index (κ1) is 19.7. The quantitative estimate of drug-likeness (QED) is 0.610. The third-order valence-corrected chi connectivity index (χ3v) is 2.82. The summed E-state index contributed by atoms with van der Waals surface area (Å²) in [5.74, 6) is -0.475. The lowest BCUT2D eigenvalue weighted by Gasteiger charge is -2.19. The maximum absolute atomic E-state index is 13.6. The largest absolute Gasteiger partial charge is 0.492 e. The standard InChI is InChI=1S/C17H24FNO5/c1-17(2,3)24-16(21)19-7-8-23-14-10-12(9-13(18)11-14)5-6-15(20)22-4/h9-11H,5-8H2,1-4H3,(H,19,21). The molecule has 0 fully saturated rings. The summed E-state index contributed by atoms with van der Waals surface area (Å²) in [6, 6.07) is 4.24. The fourth-order valence-electron chi connectivity index (χ4n) is 1.83. The number of hydrogen-bond acceptors (Lipinski definition) is 5. The van der Waals surface area contributed by atoms with Crippen molar-refractivity contribution in [3.63, 3.8) is 0 Å². The Bertz CT molecular complexity index is 569. The fraction of sp³-hybridized carbons (Fsp3) is 0.529. The Kier molecular flexibility index (Phi) is 7.48. The summed E-state index contributed by atoms with van der Waals surface area (Å²) < 4.78 is 28.6. The number of carbonyl (C=O) groups is 2. The van der Waals surface area contributed by atoms with E-state index >= 15 is 0 Å². The third kappa shape index (κ3) is 8.36. The first-order chi connectivity index (χ1) is 11.2. The van der Waals surface area contributed by atoms with E-state index in [9.17, 15) is 14.0 Å². The van der Waals surface area contributed by atoms with Crippen molar-refractivity contribution in [1.29, 1.82) is 0 Å². The van der Waals surface area contributed by atoms with Crippen LogP contribution in [-0.4, -0.2) is 37.9 Å². The van der Waals surface area contributed by atoms with Gasteiger partial charge in [-0.3, -0.25) is 4.79 Å². The average molecular weight is 341 g/mol. The minimum Gasteiger partial charge on any atom is -0.492 e. The Labute approximate surface area is 141 Å². The smallest absolute Gasteiger partial charge is 0.407 e. The molecule has 0 unspecified atom stereocenters. The van der Waals surface area contributed by atoms with Crippen LogP contribution in [0, 0.1) is 5.82 Å². The minimum absolute atomic E-state index is 0.166. The predicted octanol–water partition coefficient (Wildman–Crippen LogP) is 2.83.